The third-order valence-corrected chi connectivity index (χ3v) is 4.09. The van der Waals surface area contributed by atoms with Crippen molar-refractivity contribution < 1.29 is 14.3 Å². The molecule has 0 radical (unpaired) electrons. The molecule has 1 aromatic carbocycles. The van der Waals surface area contributed by atoms with E-state index in [4.69, 9.17) is 4.74 Å². The molecule has 0 unspecified atom stereocenters. The third kappa shape index (κ3) is 5.89. The number of benzene rings is 1. The van der Waals surface area contributed by atoms with Crippen LogP contribution in [0.1, 0.15) is 21.7 Å². The summed E-state index contributed by atoms with van der Waals surface area (Å²) in [7, 11) is 1.61. The Kier molecular flexibility index (Phi) is 7.04. The second kappa shape index (κ2) is 9.52. The Bertz CT molecular complexity index is 679. The molecular weight excluding hydrogens is 324 g/mol. The number of carbonyl (C=O) groups is 2. The number of amides is 2. The summed E-state index contributed by atoms with van der Waals surface area (Å²) in [6, 6.07) is 11.1. The Balaban J connectivity index is 1.62. The molecule has 0 bridgehead atoms. The van der Waals surface area contributed by atoms with Gasteiger partial charge in [0.15, 0.2) is 0 Å². The van der Waals surface area contributed by atoms with Gasteiger partial charge in [-0.05, 0) is 41.6 Å². The maximum Gasteiger partial charge on any atom is 0.261 e. The van der Waals surface area contributed by atoms with Crippen LogP contribution in [0, 0.1) is 0 Å². The molecule has 2 aromatic rings. The summed E-state index contributed by atoms with van der Waals surface area (Å²) in [5, 5.41) is 7.47. The fourth-order valence-electron chi connectivity index (χ4n) is 1.94. The molecule has 0 aliphatic rings. The lowest BCUT2D eigenvalue weighted by Gasteiger charge is -2.04. The van der Waals surface area contributed by atoms with Crippen molar-refractivity contribution in [2.24, 2.45) is 0 Å². The van der Waals surface area contributed by atoms with E-state index in [2.05, 4.69) is 10.6 Å². The number of methoxy groups -OCH3 is 1. The fourth-order valence-corrected chi connectivity index (χ4v) is 2.58. The van der Waals surface area contributed by atoms with Gasteiger partial charge in [-0.3, -0.25) is 9.59 Å². The molecule has 2 rings (SSSR count). The molecule has 1 aromatic heterocycles. The highest BCUT2D eigenvalue weighted by molar-refractivity contribution is 7.12. The van der Waals surface area contributed by atoms with Crippen LogP contribution in [-0.2, 0) is 4.79 Å². The number of hydrogen-bond acceptors (Lipinski definition) is 4. The van der Waals surface area contributed by atoms with Crippen LogP contribution in [0.3, 0.4) is 0 Å². The average Bonchev–Trinajstić information content (AvgIpc) is 3.14. The normalized spacial score (nSPS) is 10.5. The van der Waals surface area contributed by atoms with Crippen molar-refractivity contribution in [3.05, 3.63) is 58.3 Å². The molecule has 2 N–H and O–H groups in total. The van der Waals surface area contributed by atoms with E-state index in [1.807, 2.05) is 35.7 Å². The fraction of sp³-hybridized carbons (Fsp3) is 0.222. The number of ether oxygens (including phenoxy) is 1. The summed E-state index contributed by atoms with van der Waals surface area (Å²) in [5.41, 5.74) is 0.925. The standard InChI is InChI=1S/C18H20N2O3S/c1-23-15-8-5-14(6-9-15)7-10-17(21)19-11-3-12-20-18(22)16-4-2-13-24-16/h2,4-10,13H,3,11-12H2,1H3,(H,19,21)(H,20,22). The second-order valence-electron chi connectivity index (χ2n) is 4.98. The zero-order valence-electron chi connectivity index (χ0n) is 13.5. The van der Waals surface area contributed by atoms with Gasteiger partial charge in [0.2, 0.25) is 5.91 Å². The van der Waals surface area contributed by atoms with E-state index in [1.54, 1.807) is 19.3 Å². The summed E-state index contributed by atoms with van der Waals surface area (Å²) < 4.78 is 5.08. The van der Waals surface area contributed by atoms with Crippen LogP contribution in [0.5, 0.6) is 5.75 Å². The molecule has 5 nitrogen and oxygen atoms in total. The van der Waals surface area contributed by atoms with Crippen molar-refractivity contribution >= 4 is 29.2 Å². The lowest BCUT2D eigenvalue weighted by molar-refractivity contribution is -0.116. The van der Waals surface area contributed by atoms with Crippen molar-refractivity contribution in [2.75, 3.05) is 20.2 Å². The van der Waals surface area contributed by atoms with E-state index >= 15 is 0 Å². The monoisotopic (exact) mass is 344 g/mol. The van der Waals surface area contributed by atoms with Gasteiger partial charge in [0.05, 0.1) is 12.0 Å². The highest BCUT2D eigenvalue weighted by Gasteiger charge is 2.04. The summed E-state index contributed by atoms with van der Waals surface area (Å²) in [6.45, 7) is 1.04. The van der Waals surface area contributed by atoms with Crippen LogP contribution in [0.25, 0.3) is 6.08 Å². The highest BCUT2D eigenvalue weighted by Crippen LogP contribution is 2.12. The van der Waals surface area contributed by atoms with Crippen LogP contribution in [0.2, 0.25) is 0 Å². The minimum Gasteiger partial charge on any atom is -0.497 e. The minimum absolute atomic E-state index is 0.0734. The Labute approximate surface area is 145 Å². The van der Waals surface area contributed by atoms with Crippen molar-refractivity contribution in [2.45, 2.75) is 6.42 Å². The molecule has 1 heterocycles. The first-order valence-corrected chi connectivity index (χ1v) is 8.48. The first-order valence-electron chi connectivity index (χ1n) is 7.60. The van der Waals surface area contributed by atoms with E-state index in [-0.39, 0.29) is 11.8 Å². The molecule has 24 heavy (non-hydrogen) atoms. The molecule has 0 saturated carbocycles. The number of nitrogens with one attached hydrogen (secondary N) is 2. The first-order chi connectivity index (χ1) is 11.7. The summed E-state index contributed by atoms with van der Waals surface area (Å²) in [5.74, 6) is 0.548. The molecule has 0 saturated heterocycles. The first kappa shape index (κ1) is 17.7. The van der Waals surface area contributed by atoms with Crippen LogP contribution >= 0.6 is 11.3 Å². The third-order valence-electron chi connectivity index (χ3n) is 3.23. The minimum atomic E-state index is -0.157. The molecule has 2 amide bonds. The maximum absolute atomic E-state index is 11.7. The molecule has 126 valence electrons. The quantitative estimate of drug-likeness (QED) is 0.571. The molecule has 0 fully saturated rings. The highest BCUT2D eigenvalue weighted by atomic mass is 32.1. The summed E-state index contributed by atoms with van der Waals surface area (Å²) >= 11 is 1.41. The van der Waals surface area contributed by atoms with Gasteiger partial charge in [-0.2, -0.15) is 0 Å². The zero-order chi connectivity index (χ0) is 17.2. The Morgan fingerprint density at radius 1 is 1.12 bits per heavy atom. The van der Waals surface area contributed by atoms with Gasteiger partial charge in [-0.25, -0.2) is 0 Å². The van der Waals surface area contributed by atoms with Crippen molar-refractivity contribution in [3.8, 4) is 5.75 Å². The molecule has 0 atom stereocenters. The predicted molar refractivity (Wildman–Crippen MR) is 96.3 cm³/mol. The van der Waals surface area contributed by atoms with Crippen LogP contribution < -0.4 is 15.4 Å². The molecule has 6 heteroatoms. The Morgan fingerprint density at radius 3 is 2.54 bits per heavy atom. The summed E-state index contributed by atoms with van der Waals surface area (Å²) in [4.78, 5) is 24.1. The zero-order valence-corrected chi connectivity index (χ0v) is 14.3. The van der Waals surface area contributed by atoms with Gasteiger partial charge in [0.1, 0.15) is 5.75 Å². The SMILES string of the molecule is COc1ccc(C=CC(=O)NCCCNC(=O)c2cccs2)cc1. The number of rotatable bonds is 8. The number of carbonyl (C=O) groups excluding carboxylic acids is 2. The Morgan fingerprint density at radius 2 is 1.88 bits per heavy atom. The summed E-state index contributed by atoms with van der Waals surface area (Å²) in [6.07, 6.45) is 3.92. The van der Waals surface area contributed by atoms with E-state index < -0.39 is 0 Å². The molecular formula is C18H20N2O3S. The van der Waals surface area contributed by atoms with Gasteiger partial charge in [0.25, 0.3) is 5.91 Å². The number of hydrogen-bond donors (Lipinski definition) is 2. The lowest BCUT2D eigenvalue weighted by Crippen LogP contribution is -2.28. The lowest BCUT2D eigenvalue weighted by atomic mass is 10.2. The van der Waals surface area contributed by atoms with Gasteiger partial charge in [-0.1, -0.05) is 18.2 Å². The van der Waals surface area contributed by atoms with E-state index in [0.717, 1.165) is 11.3 Å². The molecule has 0 aliphatic heterocycles. The molecule has 0 spiro atoms. The number of thiophene rings is 1. The van der Waals surface area contributed by atoms with Crippen molar-refractivity contribution in [1.82, 2.24) is 10.6 Å². The topological polar surface area (TPSA) is 67.4 Å². The maximum atomic E-state index is 11.7. The van der Waals surface area contributed by atoms with Gasteiger partial charge < -0.3 is 15.4 Å². The van der Waals surface area contributed by atoms with Crippen LogP contribution in [-0.4, -0.2) is 32.0 Å². The average molecular weight is 344 g/mol. The molecule has 0 aliphatic carbocycles. The van der Waals surface area contributed by atoms with Crippen molar-refractivity contribution in [1.29, 1.82) is 0 Å². The largest absolute Gasteiger partial charge is 0.497 e. The van der Waals surface area contributed by atoms with Gasteiger partial charge in [-0.15, -0.1) is 11.3 Å². The van der Waals surface area contributed by atoms with Gasteiger partial charge >= 0.3 is 0 Å². The van der Waals surface area contributed by atoms with E-state index in [9.17, 15) is 9.59 Å². The van der Waals surface area contributed by atoms with E-state index in [0.29, 0.717) is 24.4 Å². The second-order valence-corrected chi connectivity index (χ2v) is 5.93. The van der Waals surface area contributed by atoms with Crippen LogP contribution in [0.4, 0.5) is 0 Å². The van der Waals surface area contributed by atoms with E-state index in [1.165, 1.54) is 17.4 Å². The van der Waals surface area contributed by atoms with Gasteiger partial charge in [0, 0.05) is 19.2 Å². The van der Waals surface area contributed by atoms with Crippen molar-refractivity contribution in [3.63, 3.8) is 0 Å². The Hall–Kier alpha value is -2.60. The van der Waals surface area contributed by atoms with Crippen LogP contribution in [0.15, 0.2) is 47.9 Å². The smallest absolute Gasteiger partial charge is 0.261 e. The predicted octanol–water partition coefficient (Wildman–Crippen LogP) is 2.71.